The van der Waals surface area contributed by atoms with E-state index in [9.17, 15) is 0 Å². The van der Waals surface area contributed by atoms with Gasteiger partial charge in [-0.05, 0) is 43.2 Å². The van der Waals surface area contributed by atoms with Crippen molar-refractivity contribution in [3.63, 3.8) is 0 Å². The molecule has 1 N–H and O–H groups in total. The van der Waals surface area contributed by atoms with Crippen LogP contribution in [0.1, 0.15) is 32.1 Å². The fourth-order valence-electron chi connectivity index (χ4n) is 3.59. The first-order valence-corrected chi connectivity index (χ1v) is 9.58. The molecule has 1 heterocycles. The second kappa shape index (κ2) is 7.23. The normalized spacial score (nSPS) is 15.4. The number of fused-ring (bicyclic) bond motifs is 1. The summed E-state index contributed by atoms with van der Waals surface area (Å²) in [4.78, 5) is 4.82. The average molecular weight is 371 g/mol. The summed E-state index contributed by atoms with van der Waals surface area (Å²) in [5.41, 5.74) is 3.81. The third-order valence-corrected chi connectivity index (χ3v) is 5.45. The van der Waals surface area contributed by atoms with Gasteiger partial charge in [0.2, 0.25) is 0 Å². The summed E-state index contributed by atoms with van der Waals surface area (Å²) in [6.07, 6.45) is 6.40. The van der Waals surface area contributed by atoms with Gasteiger partial charge in [0.25, 0.3) is 0 Å². The highest BCUT2D eigenvalue weighted by Crippen LogP contribution is 2.34. The van der Waals surface area contributed by atoms with Gasteiger partial charge in [0, 0.05) is 27.7 Å². The van der Waals surface area contributed by atoms with Crippen LogP contribution in [0.15, 0.2) is 48.5 Å². The number of anilines is 1. The first-order valence-electron chi connectivity index (χ1n) is 8.82. The Morgan fingerprint density at radius 2 is 1.72 bits per heavy atom. The van der Waals surface area contributed by atoms with E-state index in [0.717, 1.165) is 27.8 Å². The molecule has 128 valence electrons. The van der Waals surface area contributed by atoms with E-state index in [0.29, 0.717) is 16.1 Å². The van der Waals surface area contributed by atoms with Crippen molar-refractivity contribution < 1.29 is 0 Å². The lowest BCUT2D eigenvalue weighted by atomic mass is 9.95. The van der Waals surface area contributed by atoms with E-state index in [1.165, 1.54) is 32.1 Å². The van der Waals surface area contributed by atoms with E-state index >= 15 is 0 Å². The molecule has 0 aliphatic heterocycles. The summed E-state index contributed by atoms with van der Waals surface area (Å²) in [5.74, 6) is 0. The van der Waals surface area contributed by atoms with Crippen molar-refractivity contribution >= 4 is 39.8 Å². The maximum atomic E-state index is 6.41. The van der Waals surface area contributed by atoms with Crippen molar-refractivity contribution in [2.24, 2.45) is 0 Å². The molecule has 0 unspecified atom stereocenters. The summed E-state index contributed by atoms with van der Waals surface area (Å²) in [6, 6.07) is 16.4. The van der Waals surface area contributed by atoms with E-state index in [2.05, 4.69) is 23.5 Å². The minimum Gasteiger partial charge on any atom is -0.382 e. The van der Waals surface area contributed by atoms with Crippen molar-refractivity contribution in [1.29, 1.82) is 0 Å². The predicted molar refractivity (Wildman–Crippen MR) is 108 cm³/mol. The van der Waals surface area contributed by atoms with Crippen LogP contribution in [0.2, 0.25) is 10.0 Å². The molecule has 0 saturated heterocycles. The number of hydrogen-bond donors (Lipinski definition) is 1. The molecule has 0 radical (unpaired) electrons. The highest BCUT2D eigenvalue weighted by molar-refractivity contribution is 6.35. The van der Waals surface area contributed by atoms with Crippen LogP contribution in [-0.4, -0.2) is 11.0 Å². The number of halogens is 2. The van der Waals surface area contributed by atoms with Crippen LogP contribution in [0, 0.1) is 0 Å². The van der Waals surface area contributed by atoms with Gasteiger partial charge in [0.15, 0.2) is 0 Å². The highest BCUT2D eigenvalue weighted by atomic mass is 35.5. The van der Waals surface area contributed by atoms with E-state index in [-0.39, 0.29) is 0 Å². The minimum atomic E-state index is 0.530. The maximum Gasteiger partial charge on any atom is 0.0745 e. The van der Waals surface area contributed by atoms with Gasteiger partial charge in [-0.15, -0.1) is 0 Å². The van der Waals surface area contributed by atoms with Crippen molar-refractivity contribution in [3.05, 3.63) is 58.6 Å². The molecule has 2 aromatic carbocycles. The van der Waals surface area contributed by atoms with Crippen LogP contribution in [0.4, 0.5) is 5.69 Å². The van der Waals surface area contributed by atoms with Gasteiger partial charge >= 0.3 is 0 Å². The summed E-state index contributed by atoms with van der Waals surface area (Å²) < 4.78 is 0. The van der Waals surface area contributed by atoms with Gasteiger partial charge < -0.3 is 5.32 Å². The molecule has 1 aliphatic carbocycles. The number of nitrogens with one attached hydrogen (secondary N) is 1. The fourth-order valence-corrected chi connectivity index (χ4v) is 3.98. The van der Waals surface area contributed by atoms with Crippen LogP contribution < -0.4 is 5.32 Å². The first kappa shape index (κ1) is 16.7. The van der Waals surface area contributed by atoms with E-state index in [1.807, 2.05) is 24.3 Å². The number of benzene rings is 2. The standard InChI is InChI=1S/C21H20Cl2N2/c22-14-10-11-18(23)17(12-14)21-13-20(24-15-6-2-1-3-7-15)16-8-4-5-9-19(16)25-21/h4-5,8-13,15H,1-3,6-7H2,(H,24,25). The Kier molecular flexibility index (Phi) is 4.82. The number of nitrogens with zero attached hydrogens (tertiary/aromatic N) is 1. The number of hydrogen-bond acceptors (Lipinski definition) is 2. The minimum absolute atomic E-state index is 0.530. The lowest BCUT2D eigenvalue weighted by molar-refractivity contribution is 0.463. The van der Waals surface area contributed by atoms with Crippen LogP contribution >= 0.6 is 23.2 Å². The van der Waals surface area contributed by atoms with Crippen LogP contribution in [0.5, 0.6) is 0 Å². The topological polar surface area (TPSA) is 24.9 Å². The molecule has 3 aromatic rings. The second-order valence-corrected chi connectivity index (χ2v) is 7.52. The zero-order valence-electron chi connectivity index (χ0n) is 13.9. The molecule has 0 atom stereocenters. The van der Waals surface area contributed by atoms with Crippen molar-refractivity contribution in [3.8, 4) is 11.3 Å². The SMILES string of the molecule is Clc1ccc(Cl)c(-c2cc(NC3CCCCC3)c3ccccc3n2)c1. The molecular weight excluding hydrogens is 351 g/mol. The van der Waals surface area contributed by atoms with Gasteiger partial charge in [-0.25, -0.2) is 4.98 Å². The fraction of sp³-hybridized carbons (Fsp3) is 0.286. The zero-order valence-corrected chi connectivity index (χ0v) is 15.4. The van der Waals surface area contributed by atoms with Gasteiger partial charge in [0.05, 0.1) is 16.2 Å². The number of aromatic nitrogens is 1. The van der Waals surface area contributed by atoms with Crippen LogP contribution in [-0.2, 0) is 0 Å². The third-order valence-electron chi connectivity index (χ3n) is 4.89. The van der Waals surface area contributed by atoms with Crippen molar-refractivity contribution in [1.82, 2.24) is 4.98 Å². The molecule has 0 spiro atoms. The Morgan fingerprint density at radius 1 is 0.920 bits per heavy atom. The molecule has 25 heavy (non-hydrogen) atoms. The molecule has 4 rings (SSSR count). The van der Waals surface area contributed by atoms with E-state index < -0.39 is 0 Å². The lowest BCUT2D eigenvalue weighted by Crippen LogP contribution is -2.22. The monoisotopic (exact) mass is 370 g/mol. The Morgan fingerprint density at radius 3 is 2.56 bits per heavy atom. The summed E-state index contributed by atoms with van der Waals surface area (Å²) in [7, 11) is 0. The molecule has 2 nitrogen and oxygen atoms in total. The molecule has 1 fully saturated rings. The summed E-state index contributed by atoms with van der Waals surface area (Å²) in [5, 5.41) is 6.23. The van der Waals surface area contributed by atoms with Crippen LogP contribution in [0.3, 0.4) is 0 Å². The van der Waals surface area contributed by atoms with Gasteiger partial charge in [-0.3, -0.25) is 0 Å². The van der Waals surface area contributed by atoms with Gasteiger partial charge in [-0.1, -0.05) is 60.7 Å². The molecule has 4 heteroatoms. The smallest absolute Gasteiger partial charge is 0.0745 e. The van der Waals surface area contributed by atoms with Gasteiger partial charge in [-0.2, -0.15) is 0 Å². The quantitative estimate of drug-likeness (QED) is 0.539. The largest absolute Gasteiger partial charge is 0.382 e. The first-order chi connectivity index (χ1) is 12.2. The van der Waals surface area contributed by atoms with Crippen molar-refractivity contribution in [2.45, 2.75) is 38.1 Å². The molecule has 0 bridgehead atoms. The summed E-state index contributed by atoms with van der Waals surface area (Å²) in [6.45, 7) is 0. The second-order valence-electron chi connectivity index (χ2n) is 6.68. The molecule has 1 aliphatic rings. The molecular formula is C21H20Cl2N2. The Hall–Kier alpha value is -1.77. The number of rotatable bonds is 3. The third kappa shape index (κ3) is 3.61. The van der Waals surface area contributed by atoms with E-state index in [4.69, 9.17) is 28.2 Å². The maximum absolute atomic E-state index is 6.41. The van der Waals surface area contributed by atoms with E-state index in [1.54, 1.807) is 6.07 Å². The number of pyridine rings is 1. The highest BCUT2D eigenvalue weighted by Gasteiger charge is 2.16. The molecule has 1 aromatic heterocycles. The average Bonchev–Trinajstić information content (AvgIpc) is 2.64. The Balaban J connectivity index is 1.81. The van der Waals surface area contributed by atoms with Gasteiger partial charge in [0.1, 0.15) is 0 Å². The predicted octanol–water partition coefficient (Wildman–Crippen LogP) is 6.95. The summed E-state index contributed by atoms with van der Waals surface area (Å²) >= 11 is 12.6. The Bertz CT molecular complexity index is 902. The lowest BCUT2D eigenvalue weighted by Gasteiger charge is -2.25. The number of para-hydroxylation sites is 1. The van der Waals surface area contributed by atoms with Crippen molar-refractivity contribution in [2.75, 3.05) is 5.32 Å². The Labute approximate surface area is 158 Å². The molecule has 0 amide bonds. The molecule has 1 saturated carbocycles. The zero-order chi connectivity index (χ0) is 17.2. The van der Waals surface area contributed by atoms with Crippen LogP contribution in [0.25, 0.3) is 22.2 Å².